The van der Waals surface area contributed by atoms with Crippen molar-refractivity contribution in [3.8, 4) is 0 Å². The zero-order valence-corrected chi connectivity index (χ0v) is 14.8. The molecule has 144 valence electrons. The Morgan fingerprint density at radius 2 is 1.76 bits per heavy atom. The molecule has 0 aromatic carbocycles. The molecule has 0 radical (unpaired) electrons. The van der Waals surface area contributed by atoms with E-state index < -0.39 is 24.0 Å². The van der Waals surface area contributed by atoms with Crippen LogP contribution < -0.4 is 10.6 Å². The number of carbonyl (C=O) groups excluding carboxylic acids is 2. The van der Waals surface area contributed by atoms with Crippen molar-refractivity contribution < 1.29 is 22.8 Å². The van der Waals surface area contributed by atoms with Crippen LogP contribution in [0.1, 0.15) is 38.5 Å². The molecule has 3 fully saturated rings. The molecule has 0 spiro atoms. The molecule has 1 aliphatic carbocycles. The van der Waals surface area contributed by atoms with Crippen LogP contribution in [0.3, 0.4) is 0 Å². The largest absolute Gasteiger partial charge is 0.408 e. The average Bonchev–Trinajstić information content (AvgIpc) is 3.36. The lowest BCUT2D eigenvalue weighted by Crippen LogP contribution is -2.56. The summed E-state index contributed by atoms with van der Waals surface area (Å²) in [6, 6.07) is -1.43. The minimum atomic E-state index is -4.45. The highest BCUT2D eigenvalue weighted by molar-refractivity contribution is 6.00. The van der Waals surface area contributed by atoms with Crippen molar-refractivity contribution in [2.45, 2.75) is 56.8 Å². The number of carbonyl (C=O) groups is 2. The summed E-state index contributed by atoms with van der Waals surface area (Å²) in [6.45, 7) is 2.16. The number of rotatable bonds is 4. The zero-order chi connectivity index (χ0) is 17.3. The fourth-order valence-corrected chi connectivity index (χ4v) is 3.47. The van der Waals surface area contributed by atoms with E-state index >= 15 is 0 Å². The van der Waals surface area contributed by atoms with Gasteiger partial charge in [-0.15, -0.1) is 12.4 Å². The van der Waals surface area contributed by atoms with Crippen LogP contribution in [-0.4, -0.2) is 54.6 Å². The Kier molecular flexibility index (Phi) is 6.59. The number of alkyl halides is 3. The maximum Gasteiger partial charge on any atom is 0.408 e. The summed E-state index contributed by atoms with van der Waals surface area (Å²) in [4.78, 5) is 26.0. The number of hydrogen-bond donors (Lipinski definition) is 2. The summed E-state index contributed by atoms with van der Waals surface area (Å²) in [5, 5.41) is 5.46. The van der Waals surface area contributed by atoms with Crippen molar-refractivity contribution >= 4 is 24.2 Å². The van der Waals surface area contributed by atoms with Crippen molar-refractivity contribution in [3.05, 3.63) is 0 Å². The first-order chi connectivity index (χ1) is 11.3. The maximum absolute atomic E-state index is 12.7. The van der Waals surface area contributed by atoms with Crippen LogP contribution in [0, 0.1) is 11.8 Å². The van der Waals surface area contributed by atoms with Crippen LogP contribution in [0.25, 0.3) is 0 Å². The normalized spacial score (nSPS) is 28.3. The number of nitrogens with one attached hydrogen (secondary N) is 2. The summed E-state index contributed by atoms with van der Waals surface area (Å²) in [5.74, 6) is -1.28. The molecule has 0 bridgehead atoms. The highest BCUT2D eigenvalue weighted by Crippen LogP contribution is 2.30. The SMILES string of the molecule is Cl.O=C1NC(C(F)(F)F)CCC1C(=O)N1CCC(NCC2CC2)CC1. The van der Waals surface area contributed by atoms with Crippen LogP contribution in [-0.2, 0) is 9.59 Å². The second-order valence-corrected chi connectivity index (χ2v) is 7.18. The number of hydrogen-bond acceptors (Lipinski definition) is 3. The van der Waals surface area contributed by atoms with E-state index in [-0.39, 0.29) is 31.2 Å². The van der Waals surface area contributed by atoms with Gasteiger partial charge in [-0.2, -0.15) is 13.2 Å². The van der Waals surface area contributed by atoms with Gasteiger partial charge in [0.05, 0.1) is 0 Å². The molecular weight excluding hydrogens is 359 g/mol. The molecule has 9 heteroatoms. The standard InChI is InChI=1S/C16H24F3N3O2.ClH/c17-16(18,19)13-4-3-12(14(23)21-13)15(24)22-7-5-11(6-8-22)20-9-10-1-2-10;/h10-13,20H,1-9H2,(H,21,23);1H. The summed E-state index contributed by atoms with van der Waals surface area (Å²) in [5.41, 5.74) is 0. The number of nitrogens with zero attached hydrogens (tertiary/aromatic N) is 1. The van der Waals surface area contributed by atoms with Gasteiger partial charge in [0.2, 0.25) is 11.8 Å². The molecule has 2 N–H and O–H groups in total. The Labute approximate surface area is 151 Å². The van der Waals surface area contributed by atoms with Crippen LogP contribution in [0.2, 0.25) is 0 Å². The molecule has 2 heterocycles. The van der Waals surface area contributed by atoms with Gasteiger partial charge in [-0.3, -0.25) is 9.59 Å². The van der Waals surface area contributed by atoms with Crippen molar-refractivity contribution in [2.75, 3.05) is 19.6 Å². The van der Waals surface area contributed by atoms with E-state index in [1.54, 1.807) is 4.90 Å². The molecule has 2 aliphatic heterocycles. The van der Waals surface area contributed by atoms with Gasteiger partial charge in [-0.1, -0.05) is 0 Å². The number of amides is 2. The molecular formula is C16H25ClF3N3O2. The summed E-state index contributed by atoms with van der Waals surface area (Å²) in [7, 11) is 0. The third-order valence-electron chi connectivity index (χ3n) is 5.27. The third kappa shape index (κ3) is 5.23. The van der Waals surface area contributed by atoms with Crippen LogP contribution in [0.15, 0.2) is 0 Å². The van der Waals surface area contributed by atoms with Crippen molar-refractivity contribution in [2.24, 2.45) is 11.8 Å². The lowest BCUT2D eigenvalue weighted by Gasteiger charge is -2.36. The highest BCUT2D eigenvalue weighted by Gasteiger charge is 2.46. The van der Waals surface area contributed by atoms with Crippen molar-refractivity contribution in [1.29, 1.82) is 0 Å². The monoisotopic (exact) mass is 383 g/mol. The van der Waals surface area contributed by atoms with Gasteiger partial charge in [-0.05, 0) is 51.0 Å². The minimum Gasteiger partial charge on any atom is -0.344 e. The molecule has 3 rings (SSSR count). The van der Waals surface area contributed by atoms with Crippen molar-refractivity contribution in [3.63, 3.8) is 0 Å². The van der Waals surface area contributed by atoms with Gasteiger partial charge < -0.3 is 15.5 Å². The van der Waals surface area contributed by atoms with E-state index in [1.165, 1.54) is 12.8 Å². The van der Waals surface area contributed by atoms with Crippen LogP contribution in [0.4, 0.5) is 13.2 Å². The van der Waals surface area contributed by atoms with Gasteiger partial charge in [0.1, 0.15) is 12.0 Å². The maximum atomic E-state index is 12.7. The number of halogens is 4. The molecule has 25 heavy (non-hydrogen) atoms. The Bertz CT molecular complexity index is 492. The van der Waals surface area contributed by atoms with Crippen LogP contribution >= 0.6 is 12.4 Å². The molecule has 2 saturated heterocycles. The Balaban J connectivity index is 0.00000225. The van der Waals surface area contributed by atoms with E-state index in [4.69, 9.17) is 0 Å². The summed E-state index contributed by atoms with van der Waals surface area (Å²) < 4.78 is 38.0. The molecule has 1 saturated carbocycles. The van der Waals surface area contributed by atoms with E-state index in [2.05, 4.69) is 5.32 Å². The zero-order valence-electron chi connectivity index (χ0n) is 14.0. The first-order valence-corrected chi connectivity index (χ1v) is 8.74. The molecule has 5 nitrogen and oxygen atoms in total. The predicted octanol–water partition coefficient (Wildman–Crippen LogP) is 1.86. The van der Waals surface area contributed by atoms with Gasteiger partial charge in [0.25, 0.3) is 0 Å². The lowest BCUT2D eigenvalue weighted by atomic mass is 9.91. The Morgan fingerprint density at radius 1 is 1.12 bits per heavy atom. The molecule has 2 atom stereocenters. The number of piperidine rings is 2. The Hall–Kier alpha value is -1.02. The van der Waals surface area contributed by atoms with E-state index in [0.29, 0.717) is 19.1 Å². The van der Waals surface area contributed by atoms with E-state index in [9.17, 15) is 22.8 Å². The van der Waals surface area contributed by atoms with Gasteiger partial charge >= 0.3 is 6.18 Å². The van der Waals surface area contributed by atoms with Crippen molar-refractivity contribution in [1.82, 2.24) is 15.5 Å². The molecule has 0 aromatic heterocycles. The molecule has 3 aliphatic rings. The summed E-state index contributed by atoms with van der Waals surface area (Å²) in [6.07, 6.45) is -0.467. The van der Waals surface area contributed by atoms with E-state index in [0.717, 1.165) is 25.3 Å². The molecule has 2 amide bonds. The minimum absolute atomic E-state index is 0. The Morgan fingerprint density at radius 3 is 2.28 bits per heavy atom. The van der Waals surface area contributed by atoms with Crippen LogP contribution in [0.5, 0.6) is 0 Å². The first kappa shape index (κ1) is 20.3. The fourth-order valence-electron chi connectivity index (χ4n) is 3.47. The second kappa shape index (κ2) is 8.12. The van der Waals surface area contributed by atoms with Gasteiger partial charge in [0, 0.05) is 19.1 Å². The fraction of sp³-hybridized carbons (Fsp3) is 0.875. The van der Waals surface area contributed by atoms with Gasteiger partial charge in [-0.25, -0.2) is 0 Å². The lowest BCUT2D eigenvalue weighted by molar-refractivity contribution is -0.172. The topological polar surface area (TPSA) is 61.4 Å². The quantitative estimate of drug-likeness (QED) is 0.728. The number of likely N-dealkylation sites (tertiary alicyclic amines) is 1. The van der Waals surface area contributed by atoms with Gasteiger partial charge in [0.15, 0.2) is 0 Å². The summed E-state index contributed by atoms with van der Waals surface area (Å²) >= 11 is 0. The van der Waals surface area contributed by atoms with E-state index in [1.807, 2.05) is 5.32 Å². The highest BCUT2D eigenvalue weighted by atomic mass is 35.5. The smallest absolute Gasteiger partial charge is 0.344 e. The first-order valence-electron chi connectivity index (χ1n) is 8.74. The second-order valence-electron chi connectivity index (χ2n) is 7.18. The molecule has 0 aromatic rings. The molecule has 2 unspecified atom stereocenters. The predicted molar refractivity (Wildman–Crippen MR) is 88.3 cm³/mol. The average molecular weight is 384 g/mol. The third-order valence-corrected chi connectivity index (χ3v) is 5.27.